The van der Waals surface area contributed by atoms with Crippen molar-refractivity contribution in [2.45, 2.75) is 19.3 Å². The van der Waals surface area contributed by atoms with Crippen LogP contribution < -0.4 is 0 Å². The molecule has 0 bridgehead atoms. The normalized spacial score (nSPS) is 19.0. The lowest BCUT2D eigenvalue weighted by molar-refractivity contribution is 0.712. The van der Waals surface area contributed by atoms with Crippen LogP contribution in [0, 0.1) is 5.92 Å². The van der Waals surface area contributed by atoms with E-state index in [-0.39, 0.29) is 0 Å². The maximum absolute atomic E-state index is 3.89. The maximum Gasteiger partial charge on any atom is -0.00746 e. The summed E-state index contributed by atoms with van der Waals surface area (Å²) < 4.78 is 0. The minimum atomic E-state index is 0.647. The van der Waals surface area contributed by atoms with Gasteiger partial charge in [-0.25, -0.2) is 0 Å². The van der Waals surface area contributed by atoms with Gasteiger partial charge in [0.1, 0.15) is 0 Å². The van der Waals surface area contributed by atoms with Crippen molar-refractivity contribution in [2.75, 3.05) is 0 Å². The van der Waals surface area contributed by atoms with Crippen LogP contribution in [0.15, 0.2) is 73.3 Å². The first-order valence-corrected chi connectivity index (χ1v) is 8.05. The van der Waals surface area contributed by atoms with Gasteiger partial charge in [-0.15, -0.1) is 6.58 Å². The number of benzene rings is 2. The molecular weight excluding hydrogens is 264 g/mol. The highest BCUT2D eigenvalue weighted by molar-refractivity contribution is 5.83. The molecule has 0 fully saturated rings. The highest BCUT2D eigenvalue weighted by Gasteiger charge is 2.29. The van der Waals surface area contributed by atoms with E-state index in [1.807, 2.05) is 6.08 Å². The average molecular weight is 284 g/mol. The maximum atomic E-state index is 3.89. The van der Waals surface area contributed by atoms with E-state index >= 15 is 0 Å². The Morgan fingerprint density at radius 2 is 1.68 bits per heavy atom. The molecule has 2 aromatic carbocycles. The molecule has 0 saturated carbocycles. The standard InChI is InChI=1S/C22H20/c1-2-7-16-8-3-5-10-20(16)18-12-13-22-19(15-18)14-17-9-4-6-11-21(17)22/h2-6,8-13,19H,1,7,14-15H2. The van der Waals surface area contributed by atoms with Crippen molar-refractivity contribution in [3.63, 3.8) is 0 Å². The van der Waals surface area contributed by atoms with Crippen LogP contribution in [0.3, 0.4) is 0 Å². The number of fused-ring (bicyclic) bond motifs is 3. The second kappa shape index (κ2) is 5.46. The van der Waals surface area contributed by atoms with Gasteiger partial charge in [0, 0.05) is 0 Å². The third kappa shape index (κ3) is 2.16. The number of hydrogen-bond donors (Lipinski definition) is 0. The van der Waals surface area contributed by atoms with E-state index in [2.05, 4.69) is 67.3 Å². The van der Waals surface area contributed by atoms with Crippen molar-refractivity contribution in [3.05, 3.63) is 95.6 Å². The van der Waals surface area contributed by atoms with Crippen LogP contribution in [0.4, 0.5) is 0 Å². The molecule has 0 heterocycles. The van der Waals surface area contributed by atoms with Crippen LogP contribution in [-0.2, 0) is 12.8 Å². The summed E-state index contributed by atoms with van der Waals surface area (Å²) in [6.07, 6.45) is 9.94. The highest BCUT2D eigenvalue weighted by Crippen LogP contribution is 2.44. The van der Waals surface area contributed by atoms with Gasteiger partial charge in [-0.3, -0.25) is 0 Å². The SMILES string of the molecule is C=CCc1ccccc1C1=CC=C2c3ccccc3CC2C1. The monoisotopic (exact) mass is 284 g/mol. The molecule has 2 aliphatic carbocycles. The van der Waals surface area contributed by atoms with Gasteiger partial charge in [-0.05, 0) is 58.6 Å². The van der Waals surface area contributed by atoms with Crippen molar-refractivity contribution in [1.29, 1.82) is 0 Å². The average Bonchev–Trinajstić information content (AvgIpc) is 2.93. The van der Waals surface area contributed by atoms with E-state index in [1.54, 1.807) is 0 Å². The lowest BCUT2D eigenvalue weighted by Crippen LogP contribution is -2.05. The Hall–Kier alpha value is -2.34. The predicted octanol–water partition coefficient (Wildman–Crippen LogP) is 5.46. The first kappa shape index (κ1) is 13.3. The zero-order valence-electron chi connectivity index (χ0n) is 12.8. The first-order valence-electron chi connectivity index (χ1n) is 8.05. The van der Waals surface area contributed by atoms with Crippen molar-refractivity contribution < 1.29 is 0 Å². The lowest BCUT2D eigenvalue weighted by atomic mass is 9.83. The van der Waals surface area contributed by atoms with Gasteiger partial charge in [0.15, 0.2) is 0 Å². The smallest absolute Gasteiger partial charge is 0.00746 e. The summed E-state index contributed by atoms with van der Waals surface area (Å²) in [5, 5.41) is 0. The number of hydrogen-bond acceptors (Lipinski definition) is 0. The quantitative estimate of drug-likeness (QED) is 0.657. The summed E-state index contributed by atoms with van der Waals surface area (Å²) in [6.45, 7) is 3.89. The molecule has 0 nitrogen and oxygen atoms in total. The lowest BCUT2D eigenvalue weighted by Gasteiger charge is -2.21. The largest absolute Gasteiger partial charge is 0.103 e. The summed E-state index contributed by atoms with van der Waals surface area (Å²) in [6, 6.07) is 17.6. The third-order valence-electron chi connectivity index (χ3n) is 4.89. The molecule has 0 N–H and O–H groups in total. The summed E-state index contributed by atoms with van der Waals surface area (Å²) in [5.41, 5.74) is 8.75. The van der Waals surface area contributed by atoms with Crippen molar-refractivity contribution in [2.24, 2.45) is 5.92 Å². The minimum absolute atomic E-state index is 0.647. The second-order valence-corrected chi connectivity index (χ2v) is 6.23. The predicted molar refractivity (Wildman–Crippen MR) is 94.6 cm³/mol. The Kier molecular flexibility index (Phi) is 3.31. The zero-order chi connectivity index (χ0) is 14.9. The number of allylic oxidation sites excluding steroid dienone is 5. The Morgan fingerprint density at radius 3 is 2.55 bits per heavy atom. The van der Waals surface area contributed by atoms with Gasteiger partial charge < -0.3 is 0 Å². The molecule has 108 valence electrons. The molecule has 0 heteroatoms. The molecule has 0 spiro atoms. The highest BCUT2D eigenvalue weighted by atomic mass is 14.3. The second-order valence-electron chi connectivity index (χ2n) is 6.23. The Bertz CT molecular complexity index is 789. The third-order valence-corrected chi connectivity index (χ3v) is 4.89. The van der Waals surface area contributed by atoms with Gasteiger partial charge in [-0.2, -0.15) is 0 Å². The zero-order valence-corrected chi connectivity index (χ0v) is 12.8. The van der Waals surface area contributed by atoms with E-state index < -0.39 is 0 Å². The molecule has 0 aliphatic heterocycles. The molecule has 2 aliphatic rings. The van der Waals surface area contributed by atoms with Crippen LogP contribution in [0.5, 0.6) is 0 Å². The molecule has 4 rings (SSSR count). The number of rotatable bonds is 3. The van der Waals surface area contributed by atoms with E-state index in [0.29, 0.717) is 5.92 Å². The van der Waals surface area contributed by atoms with Crippen LogP contribution >= 0.6 is 0 Å². The van der Waals surface area contributed by atoms with E-state index in [1.165, 1.54) is 39.8 Å². The van der Waals surface area contributed by atoms with Crippen molar-refractivity contribution in [1.82, 2.24) is 0 Å². The molecule has 2 aromatic rings. The van der Waals surface area contributed by atoms with E-state index in [0.717, 1.165) is 12.8 Å². The van der Waals surface area contributed by atoms with Crippen LogP contribution in [0.2, 0.25) is 0 Å². The molecule has 0 aromatic heterocycles. The van der Waals surface area contributed by atoms with Crippen molar-refractivity contribution >= 4 is 11.1 Å². The van der Waals surface area contributed by atoms with Gasteiger partial charge in [0.05, 0.1) is 0 Å². The first-order chi connectivity index (χ1) is 10.9. The summed E-state index contributed by atoms with van der Waals surface area (Å²) in [5.74, 6) is 0.647. The Morgan fingerprint density at radius 1 is 0.909 bits per heavy atom. The molecule has 0 amide bonds. The molecule has 0 radical (unpaired) electrons. The van der Waals surface area contributed by atoms with Gasteiger partial charge in [-0.1, -0.05) is 66.8 Å². The van der Waals surface area contributed by atoms with E-state index in [9.17, 15) is 0 Å². The Balaban J connectivity index is 1.73. The van der Waals surface area contributed by atoms with Gasteiger partial charge in [0.25, 0.3) is 0 Å². The molecule has 0 saturated heterocycles. The van der Waals surface area contributed by atoms with Gasteiger partial charge >= 0.3 is 0 Å². The van der Waals surface area contributed by atoms with Crippen LogP contribution in [-0.4, -0.2) is 0 Å². The fourth-order valence-electron chi connectivity index (χ4n) is 3.87. The van der Waals surface area contributed by atoms with Crippen LogP contribution in [0.25, 0.3) is 11.1 Å². The fraction of sp³-hybridized carbons (Fsp3) is 0.182. The van der Waals surface area contributed by atoms with Gasteiger partial charge in [0.2, 0.25) is 0 Å². The minimum Gasteiger partial charge on any atom is -0.103 e. The van der Waals surface area contributed by atoms with Crippen molar-refractivity contribution in [3.8, 4) is 0 Å². The van der Waals surface area contributed by atoms with E-state index in [4.69, 9.17) is 0 Å². The summed E-state index contributed by atoms with van der Waals surface area (Å²) in [4.78, 5) is 0. The fourth-order valence-corrected chi connectivity index (χ4v) is 3.87. The molecular formula is C22H20. The van der Waals surface area contributed by atoms with Crippen LogP contribution in [0.1, 0.15) is 28.7 Å². The Labute approximate surface area is 132 Å². The molecule has 1 unspecified atom stereocenters. The molecule has 1 atom stereocenters. The summed E-state index contributed by atoms with van der Waals surface area (Å²) in [7, 11) is 0. The summed E-state index contributed by atoms with van der Waals surface area (Å²) >= 11 is 0. The topological polar surface area (TPSA) is 0 Å². The molecule has 22 heavy (non-hydrogen) atoms.